The summed E-state index contributed by atoms with van der Waals surface area (Å²) in [5.41, 5.74) is 1.04. The first-order valence-corrected chi connectivity index (χ1v) is 5.83. The Kier molecular flexibility index (Phi) is 3.54. The fourth-order valence-electron chi connectivity index (χ4n) is 2.03. The molecule has 96 valence electrons. The molecule has 2 N–H and O–H groups in total. The fourth-order valence-corrected chi connectivity index (χ4v) is 2.19. The van der Waals surface area contributed by atoms with Crippen LogP contribution >= 0.6 is 11.6 Å². The predicted octanol–water partition coefficient (Wildman–Crippen LogP) is 1.27. The van der Waals surface area contributed by atoms with Crippen LogP contribution in [0.4, 0.5) is 5.69 Å². The number of amides is 1. The predicted molar refractivity (Wildman–Crippen MR) is 65.5 cm³/mol. The van der Waals surface area contributed by atoms with Gasteiger partial charge in [-0.1, -0.05) is 17.7 Å². The zero-order valence-corrected chi connectivity index (χ0v) is 10.2. The number of halogens is 1. The van der Waals surface area contributed by atoms with Gasteiger partial charge in [0.1, 0.15) is 0 Å². The van der Waals surface area contributed by atoms with Crippen LogP contribution in [0.25, 0.3) is 0 Å². The second-order valence-electron chi connectivity index (χ2n) is 4.17. The van der Waals surface area contributed by atoms with Gasteiger partial charge in [0.15, 0.2) is 0 Å². The molecule has 1 fully saturated rings. The van der Waals surface area contributed by atoms with E-state index in [2.05, 4.69) is 0 Å². The molecule has 1 heterocycles. The summed E-state index contributed by atoms with van der Waals surface area (Å²) in [5, 5.41) is 18.6. The van der Waals surface area contributed by atoms with Crippen molar-refractivity contribution in [1.29, 1.82) is 0 Å². The molecule has 0 aliphatic carbocycles. The molecule has 1 aromatic rings. The minimum absolute atomic E-state index is 0.0211. The van der Waals surface area contributed by atoms with E-state index in [1.165, 1.54) is 4.90 Å². The van der Waals surface area contributed by atoms with E-state index in [9.17, 15) is 14.7 Å². The lowest BCUT2D eigenvalue weighted by Gasteiger charge is -2.19. The van der Waals surface area contributed by atoms with E-state index in [4.69, 9.17) is 16.7 Å². The molecule has 1 aliphatic heterocycles. The monoisotopic (exact) mass is 269 g/mol. The van der Waals surface area contributed by atoms with Gasteiger partial charge in [0.2, 0.25) is 5.91 Å². The second kappa shape index (κ2) is 4.96. The summed E-state index contributed by atoms with van der Waals surface area (Å²) >= 11 is 5.86. The number of carbonyl (C=O) groups is 2. The standard InChI is InChI=1S/C12H12ClNO4/c13-9-2-1-7(6-15)10(4-9)14-5-8(12(17)18)3-11(14)16/h1-2,4,8,15H,3,5-6H2,(H,17,18). The van der Waals surface area contributed by atoms with Crippen LogP contribution in [0.3, 0.4) is 0 Å². The van der Waals surface area contributed by atoms with Crippen LogP contribution in [-0.4, -0.2) is 28.6 Å². The quantitative estimate of drug-likeness (QED) is 0.866. The Morgan fingerprint density at radius 2 is 2.22 bits per heavy atom. The van der Waals surface area contributed by atoms with Crippen molar-refractivity contribution in [1.82, 2.24) is 0 Å². The SMILES string of the molecule is O=C(O)C1CC(=O)N(c2cc(Cl)ccc2CO)C1. The maximum atomic E-state index is 11.8. The first-order valence-electron chi connectivity index (χ1n) is 5.45. The Labute approximate surface area is 109 Å². The molecule has 5 nitrogen and oxygen atoms in total. The Hall–Kier alpha value is -1.59. The topological polar surface area (TPSA) is 77.8 Å². The molecule has 0 bridgehead atoms. The summed E-state index contributed by atoms with van der Waals surface area (Å²) in [6.07, 6.45) is -0.0211. The number of nitrogens with zero attached hydrogens (tertiary/aromatic N) is 1. The molecule has 1 aromatic carbocycles. The van der Waals surface area contributed by atoms with Crippen molar-refractivity contribution in [2.24, 2.45) is 5.92 Å². The van der Waals surface area contributed by atoms with E-state index >= 15 is 0 Å². The normalized spacial score (nSPS) is 19.3. The zero-order chi connectivity index (χ0) is 13.3. The van der Waals surface area contributed by atoms with E-state index in [0.717, 1.165) is 0 Å². The number of aliphatic hydroxyl groups excluding tert-OH is 1. The average molecular weight is 270 g/mol. The third-order valence-electron chi connectivity index (χ3n) is 2.98. The third-order valence-corrected chi connectivity index (χ3v) is 3.22. The number of aliphatic carboxylic acids is 1. The van der Waals surface area contributed by atoms with Crippen LogP contribution in [0.15, 0.2) is 18.2 Å². The highest BCUT2D eigenvalue weighted by atomic mass is 35.5. The number of hydrogen-bond donors (Lipinski definition) is 2. The molecular formula is C12H12ClNO4. The molecule has 1 aliphatic rings. The summed E-state index contributed by atoms with van der Waals surface area (Å²) < 4.78 is 0. The molecule has 1 unspecified atom stereocenters. The minimum atomic E-state index is -0.988. The van der Waals surface area contributed by atoms with Gasteiger partial charge in [0, 0.05) is 23.6 Å². The molecule has 18 heavy (non-hydrogen) atoms. The van der Waals surface area contributed by atoms with E-state index in [-0.39, 0.29) is 25.5 Å². The lowest BCUT2D eigenvalue weighted by Crippen LogP contribution is -2.26. The van der Waals surface area contributed by atoms with Gasteiger partial charge in [-0.2, -0.15) is 0 Å². The van der Waals surface area contributed by atoms with Crippen molar-refractivity contribution in [2.75, 3.05) is 11.4 Å². The summed E-state index contributed by atoms with van der Waals surface area (Å²) in [7, 11) is 0. The van der Waals surface area contributed by atoms with Crippen molar-refractivity contribution in [3.63, 3.8) is 0 Å². The van der Waals surface area contributed by atoms with Gasteiger partial charge >= 0.3 is 5.97 Å². The number of carboxylic acid groups (broad SMARTS) is 1. The van der Waals surface area contributed by atoms with E-state index in [1.807, 2.05) is 0 Å². The van der Waals surface area contributed by atoms with Crippen LogP contribution in [0, 0.1) is 5.92 Å². The minimum Gasteiger partial charge on any atom is -0.481 e. The summed E-state index contributed by atoms with van der Waals surface area (Å²) in [5.74, 6) is -1.96. The van der Waals surface area contributed by atoms with Crippen molar-refractivity contribution in [2.45, 2.75) is 13.0 Å². The van der Waals surface area contributed by atoms with Crippen molar-refractivity contribution in [3.05, 3.63) is 28.8 Å². The summed E-state index contributed by atoms with van der Waals surface area (Å²) in [4.78, 5) is 24.1. The molecule has 1 atom stereocenters. The van der Waals surface area contributed by atoms with Crippen molar-refractivity contribution < 1.29 is 19.8 Å². The van der Waals surface area contributed by atoms with E-state index < -0.39 is 11.9 Å². The fraction of sp³-hybridized carbons (Fsp3) is 0.333. The number of aliphatic hydroxyl groups is 1. The summed E-state index contributed by atoms with van der Waals surface area (Å²) in [6, 6.07) is 4.81. The highest BCUT2D eigenvalue weighted by Crippen LogP contribution is 2.30. The molecule has 1 amide bonds. The average Bonchev–Trinajstić information content (AvgIpc) is 2.71. The number of anilines is 1. The molecule has 2 rings (SSSR count). The van der Waals surface area contributed by atoms with Gasteiger partial charge < -0.3 is 15.1 Å². The lowest BCUT2D eigenvalue weighted by molar-refractivity contribution is -0.141. The Bertz CT molecular complexity index is 503. The number of rotatable bonds is 3. The highest BCUT2D eigenvalue weighted by Gasteiger charge is 2.35. The highest BCUT2D eigenvalue weighted by molar-refractivity contribution is 6.31. The number of benzene rings is 1. The molecule has 0 spiro atoms. The van der Waals surface area contributed by atoms with Gasteiger partial charge in [-0.25, -0.2) is 0 Å². The number of carbonyl (C=O) groups excluding carboxylic acids is 1. The first-order chi connectivity index (χ1) is 8.52. The zero-order valence-electron chi connectivity index (χ0n) is 9.47. The van der Waals surface area contributed by atoms with Crippen LogP contribution in [0.2, 0.25) is 5.02 Å². The van der Waals surface area contributed by atoms with Crippen LogP contribution in [-0.2, 0) is 16.2 Å². The van der Waals surface area contributed by atoms with E-state index in [1.54, 1.807) is 18.2 Å². The third kappa shape index (κ3) is 2.32. The molecule has 0 aromatic heterocycles. The number of hydrogen-bond acceptors (Lipinski definition) is 3. The Morgan fingerprint density at radius 3 is 2.78 bits per heavy atom. The van der Waals surface area contributed by atoms with Gasteiger partial charge in [0.05, 0.1) is 18.2 Å². The Morgan fingerprint density at radius 1 is 1.50 bits per heavy atom. The molecular weight excluding hydrogens is 258 g/mol. The van der Waals surface area contributed by atoms with Crippen molar-refractivity contribution >= 4 is 29.2 Å². The van der Waals surface area contributed by atoms with Crippen LogP contribution < -0.4 is 4.90 Å². The van der Waals surface area contributed by atoms with Crippen LogP contribution in [0.1, 0.15) is 12.0 Å². The Balaban J connectivity index is 2.34. The maximum Gasteiger partial charge on any atom is 0.308 e. The molecule has 0 saturated carbocycles. The smallest absolute Gasteiger partial charge is 0.308 e. The van der Waals surface area contributed by atoms with Gasteiger partial charge in [0.25, 0.3) is 0 Å². The molecule has 6 heteroatoms. The lowest BCUT2D eigenvalue weighted by atomic mass is 10.1. The summed E-state index contributed by atoms with van der Waals surface area (Å²) in [6.45, 7) is -0.116. The first kappa shape index (κ1) is 12.9. The maximum absolute atomic E-state index is 11.8. The molecule has 1 saturated heterocycles. The van der Waals surface area contributed by atoms with Gasteiger partial charge in [-0.05, 0) is 12.1 Å². The largest absolute Gasteiger partial charge is 0.481 e. The van der Waals surface area contributed by atoms with Gasteiger partial charge in [-0.15, -0.1) is 0 Å². The van der Waals surface area contributed by atoms with E-state index in [0.29, 0.717) is 16.3 Å². The molecule has 0 radical (unpaired) electrons. The second-order valence-corrected chi connectivity index (χ2v) is 4.61. The van der Waals surface area contributed by atoms with Crippen molar-refractivity contribution in [3.8, 4) is 0 Å². The number of carboxylic acids is 1. The van der Waals surface area contributed by atoms with Crippen LogP contribution in [0.5, 0.6) is 0 Å². The van der Waals surface area contributed by atoms with Gasteiger partial charge in [-0.3, -0.25) is 9.59 Å².